The molecule has 1 aliphatic rings. The number of nitrogens with two attached hydrogens (primary N) is 1. The Morgan fingerprint density at radius 2 is 1.90 bits per heavy atom. The van der Waals surface area contributed by atoms with Crippen molar-refractivity contribution >= 4 is 57.6 Å². The van der Waals surface area contributed by atoms with Crippen molar-refractivity contribution in [3.8, 4) is 16.9 Å². The number of anilines is 2. The zero-order valence-electron chi connectivity index (χ0n) is 22.6. The minimum atomic E-state index is -0.889. The number of nitrogens with zero attached hydrogens (tertiary/aromatic N) is 6. The minimum Gasteiger partial charge on any atom is -0.506 e. The number of phenols is 1. The number of hydrogen-bond acceptors (Lipinski definition) is 8. The van der Waals surface area contributed by atoms with Crippen LogP contribution in [0.25, 0.3) is 22.2 Å². The van der Waals surface area contributed by atoms with E-state index in [1.54, 1.807) is 19.3 Å². The summed E-state index contributed by atoms with van der Waals surface area (Å²) in [5.74, 6) is -1.06. The van der Waals surface area contributed by atoms with Gasteiger partial charge in [-0.1, -0.05) is 23.2 Å². The van der Waals surface area contributed by atoms with Gasteiger partial charge in [-0.15, -0.1) is 0 Å². The Morgan fingerprint density at radius 3 is 2.61 bits per heavy atom. The van der Waals surface area contributed by atoms with Crippen molar-refractivity contribution < 1.29 is 14.7 Å². The highest BCUT2D eigenvalue weighted by Gasteiger charge is 2.24. The standard InChI is InChI=1S/C27H28Cl2N8O4/c1-14-10-34(2)4-5-37(14)21-8-20(19(29)9-31-21)33-22(38)12-36-11-17(23-26(36)32-13-35(3)27(23)41)15-6-16(25(30)40)24(39)18(28)7-15/h6-9,11,13-14,39H,4-5,10,12H2,1-3H3,(H2,30,40)(H,31,33,38)/t14-/m0/s1. The summed E-state index contributed by atoms with van der Waals surface area (Å²) in [6.07, 6.45) is 4.43. The normalized spacial score (nSPS) is 15.8. The number of aryl methyl sites for hydroxylation is 1. The first-order chi connectivity index (χ1) is 19.4. The maximum Gasteiger partial charge on any atom is 0.263 e. The molecular formula is C27H28Cl2N8O4. The Labute approximate surface area is 244 Å². The monoisotopic (exact) mass is 598 g/mol. The van der Waals surface area contributed by atoms with E-state index in [0.717, 1.165) is 19.6 Å². The summed E-state index contributed by atoms with van der Waals surface area (Å²) < 4.78 is 2.82. The zero-order chi connectivity index (χ0) is 29.6. The second-order valence-electron chi connectivity index (χ2n) is 10.1. The Morgan fingerprint density at radius 1 is 1.15 bits per heavy atom. The van der Waals surface area contributed by atoms with Crippen LogP contribution < -0.4 is 21.5 Å². The summed E-state index contributed by atoms with van der Waals surface area (Å²) in [6.45, 7) is 4.47. The number of aromatic hydroxyl groups is 1. The molecule has 0 saturated carbocycles. The number of hydrogen-bond donors (Lipinski definition) is 3. The van der Waals surface area contributed by atoms with Crippen LogP contribution in [0.2, 0.25) is 10.0 Å². The molecule has 5 rings (SSSR count). The number of carbonyl (C=O) groups excluding carboxylic acids is 2. The van der Waals surface area contributed by atoms with Gasteiger partial charge in [0.1, 0.15) is 23.8 Å². The highest BCUT2D eigenvalue weighted by molar-refractivity contribution is 6.34. The largest absolute Gasteiger partial charge is 0.506 e. The van der Waals surface area contributed by atoms with Gasteiger partial charge in [0, 0.05) is 50.6 Å². The molecule has 41 heavy (non-hydrogen) atoms. The molecule has 1 atom stereocenters. The summed E-state index contributed by atoms with van der Waals surface area (Å²) in [6, 6.07) is 4.73. The highest BCUT2D eigenvalue weighted by Crippen LogP contribution is 2.36. The van der Waals surface area contributed by atoms with E-state index in [0.29, 0.717) is 22.6 Å². The average Bonchev–Trinajstić information content (AvgIpc) is 3.27. The van der Waals surface area contributed by atoms with Gasteiger partial charge in [0.2, 0.25) is 5.91 Å². The molecule has 4 N–H and O–H groups in total. The number of carbonyl (C=O) groups is 2. The third-order valence-corrected chi connectivity index (χ3v) is 7.72. The van der Waals surface area contributed by atoms with Gasteiger partial charge in [0.25, 0.3) is 11.5 Å². The molecule has 1 saturated heterocycles. The van der Waals surface area contributed by atoms with Gasteiger partial charge < -0.3 is 35.1 Å². The second kappa shape index (κ2) is 11.0. The predicted octanol–water partition coefficient (Wildman–Crippen LogP) is 2.69. The van der Waals surface area contributed by atoms with Crippen molar-refractivity contribution in [2.24, 2.45) is 12.8 Å². The van der Waals surface area contributed by atoms with Crippen LogP contribution >= 0.6 is 23.2 Å². The molecule has 1 aliphatic heterocycles. The van der Waals surface area contributed by atoms with Gasteiger partial charge in [-0.2, -0.15) is 0 Å². The lowest BCUT2D eigenvalue weighted by Crippen LogP contribution is -2.50. The van der Waals surface area contributed by atoms with Gasteiger partial charge >= 0.3 is 0 Å². The van der Waals surface area contributed by atoms with Gasteiger partial charge in [0.15, 0.2) is 0 Å². The Balaban J connectivity index is 1.49. The maximum atomic E-state index is 13.3. The van der Waals surface area contributed by atoms with Gasteiger partial charge in [-0.3, -0.25) is 14.4 Å². The molecule has 214 valence electrons. The summed E-state index contributed by atoms with van der Waals surface area (Å²) in [7, 11) is 3.62. The average molecular weight is 599 g/mol. The summed E-state index contributed by atoms with van der Waals surface area (Å²) >= 11 is 12.6. The van der Waals surface area contributed by atoms with E-state index in [4.69, 9.17) is 28.9 Å². The Kier molecular flexibility index (Phi) is 7.64. The number of aromatic nitrogens is 4. The number of piperazine rings is 1. The summed E-state index contributed by atoms with van der Waals surface area (Å²) in [5, 5.41) is 13.4. The smallest absolute Gasteiger partial charge is 0.263 e. The van der Waals surface area contributed by atoms with Gasteiger partial charge in [-0.25, -0.2) is 9.97 Å². The second-order valence-corrected chi connectivity index (χ2v) is 10.9. The number of likely N-dealkylation sites (N-methyl/N-ethyl adjacent to an activating group) is 1. The first kappa shape index (κ1) is 28.4. The topological polar surface area (TPSA) is 152 Å². The molecule has 12 nitrogen and oxygen atoms in total. The van der Waals surface area contributed by atoms with Gasteiger partial charge in [0.05, 0.1) is 39.2 Å². The fourth-order valence-corrected chi connectivity index (χ4v) is 5.42. The number of fused-ring (bicyclic) bond motifs is 1. The van der Waals surface area contributed by atoms with Gasteiger partial charge in [-0.05, 0) is 31.7 Å². The van der Waals surface area contributed by atoms with Crippen molar-refractivity contribution in [2.45, 2.75) is 19.5 Å². The SMILES string of the molecule is C[C@H]1CN(C)CCN1c1cc(NC(=O)Cn2cc(-c3cc(Cl)c(O)c(C(N)=O)c3)c3c(=O)n(C)cnc32)c(Cl)cn1. The van der Waals surface area contributed by atoms with Crippen molar-refractivity contribution in [3.63, 3.8) is 0 Å². The fraction of sp³-hybridized carbons (Fsp3) is 0.296. The van der Waals surface area contributed by atoms with E-state index in [-0.39, 0.29) is 44.8 Å². The molecule has 0 spiro atoms. The molecule has 0 unspecified atom stereocenters. The zero-order valence-corrected chi connectivity index (χ0v) is 24.1. The van der Waals surface area contributed by atoms with E-state index < -0.39 is 17.6 Å². The lowest BCUT2D eigenvalue weighted by Gasteiger charge is -2.39. The van der Waals surface area contributed by atoms with Crippen molar-refractivity contribution in [2.75, 3.05) is 36.9 Å². The third kappa shape index (κ3) is 5.45. The van der Waals surface area contributed by atoms with Crippen LogP contribution in [0.5, 0.6) is 5.75 Å². The predicted molar refractivity (Wildman–Crippen MR) is 158 cm³/mol. The van der Waals surface area contributed by atoms with Crippen LogP contribution in [-0.4, -0.2) is 73.6 Å². The van der Waals surface area contributed by atoms with E-state index in [1.807, 2.05) is 0 Å². The first-order valence-corrected chi connectivity index (χ1v) is 13.5. The van der Waals surface area contributed by atoms with Crippen molar-refractivity contribution in [1.29, 1.82) is 0 Å². The molecule has 0 bridgehead atoms. The summed E-state index contributed by atoms with van der Waals surface area (Å²) in [5.41, 5.74) is 6.19. The number of halogens is 2. The van der Waals surface area contributed by atoms with Crippen LogP contribution in [0.15, 0.2) is 41.7 Å². The quantitative estimate of drug-likeness (QED) is 0.306. The molecule has 2 amide bonds. The van der Waals surface area contributed by atoms with Crippen LogP contribution in [0.3, 0.4) is 0 Å². The molecule has 4 heterocycles. The number of amides is 2. The highest BCUT2D eigenvalue weighted by atomic mass is 35.5. The van der Waals surface area contributed by atoms with E-state index >= 15 is 0 Å². The van der Waals surface area contributed by atoms with Crippen LogP contribution in [0.4, 0.5) is 11.5 Å². The first-order valence-electron chi connectivity index (χ1n) is 12.7. The molecule has 1 fully saturated rings. The number of benzene rings is 1. The Bertz CT molecular complexity index is 1750. The minimum absolute atomic E-state index is 0.117. The molecule has 1 aromatic carbocycles. The molecule has 14 heteroatoms. The van der Waals surface area contributed by atoms with E-state index in [9.17, 15) is 19.5 Å². The number of pyridine rings is 1. The van der Waals surface area contributed by atoms with Crippen LogP contribution in [0, 0.1) is 0 Å². The lowest BCUT2D eigenvalue weighted by molar-refractivity contribution is -0.116. The molecule has 0 radical (unpaired) electrons. The van der Waals surface area contributed by atoms with Crippen LogP contribution in [-0.2, 0) is 18.4 Å². The van der Waals surface area contributed by atoms with E-state index in [1.165, 1.54) is 33.8 Å². The van der Waals surface area contributed by atoms with Crippen molar-refractivity contribution in [1.82, 2.24) is 24.0 Å². The summed E-state index contributed by atoms with van der Waals surface area (Å²) in [4.78, 5) is 51.6. The maximum absolute atomic E-state index is 13.3. The number of primary amides is 1. The lowest BCUT2D eigenvalue weighted by atomic mass is 10.0. The molecule has 4 aromatic rings. The number of rotatable bonds is 6. The Hall–Kier alpha value is -4.13. The van der Waals surface area contributed by atoms with E-state index in [2.05, 4.69) is 39.1 Å². The molecular weight excluding hydrogens is 571 g/mol. The number of nitrogens with one attached hydrogen (secondary N) is 1. The van der Waals surface area contributed by atoms with Crippen molar-refractivity contribution in [3.05, 3.63) is 62.9 Å². The molecule has 0 aliphatic carbocycles. The van der Waals surface area contributed by atoms with Crippen LogP contribution in [0.1, 0.15) is 17.3 Å². The third-order valence-electron chi connectivity index (χ3n) is 7.13. The fourth-order valence-electron chi connectivity index (χ4n) is 5.05. The molecule has 3 aromatic heterocycles.